The van der Waals surface area contributed by atoms with Gasteiger partial charge in [0.25, 0.3) is 5.91 Å². The van der Waals surface area contributed by atoms with Crippen LogP contribution in [0.4, 0.5) is 0 Å². The van der Waals surface area contributed by atoms with Gasteiger partial charge in [-0.05, 0) is 30.3 Å². The normalized spacial score (nSPS) is 10.4. The molecule has 2 rings (SSSR count). The zero-order valence-electron chi connectivity index (χ0n) is 11.0. The topological polar surface area (TPSA) is 20.3 Å². The van der Waals surface area contributed by atoms with Crippen molar-refractivity contribution < 1.29 is 4.79 Å². The Kier molecular flexibility index (Phi) is 6.05. The number of amides is 1. The molecule has 2 nitrogen and oxygen atoms in total. The third-order valence-corrected chi connectivity index (χ3v) is 4.85. The Bertz CT molecular complexity index is 651. The number of hydrogen-bond acceptors (Lipinski definition) is 2. The predicted octanol–water partition coefficient (Wildman–Crippen LogP) is 5.75. The summed E-state index contributed by atoms with van der Waals surface area (Å²) in [6.07, 6.45) is 1.72. The number of hydrogen-bond donors (Lipinski definition) is 0. The standard InChI is InChI=1S/C15H12Br2ClNOS/c1-2-5-19(9-13-3-4-14(18)21-13)15(20)10-6-11(16)8-12(17)7-10/h2-4,6-8H,1,5,9H2. The first kappa shape index (κ1) is 16.7. The SMILES string of the molecule is C=CCN(Cc1ccc(Cl)s1)C(=O)c1cc(Br)cc(Br)c1. The van der Waals surface area contributed by atoms with Gasteiger partial charge in [0.1, 0.15) is 0 Å². The molecule has 1 heterocycles. The van der Waals surface area contributed by atoms with Crippen LogP contribution in [0.25, 0.3) is 0 Å². The van der Waals surface area contributed by atoms with E-state index in [1.54, 1.807) is 11.0 Å². The van der Waals surface area contributed by atoms with E-state index in [4.69, 9.17) is 11.6 Å². The van der Waals surface area contributed by atoms with Gasteiger partial charge in [-0.2, -0.15) is 0 Å². The highest BCUT2D eigenvalue weighted by Crippen LogP contribution is 2.25. The first-order chi connectivity index (χ1) is 9.99. The lowest BCUT2D eigenvalue weighted by Gasteiger charge is -2.20. The van der Waals surface area contributed by atoms with Crippen molar-refractivity contribution in [1.82, 2.24) is 4.90 Å². The lowest BCUT2D eigenvalue weighted by atomic mass is 10.2. The van der Waals surface area contributed by atoms with E-state index >= 15 is 0 Å². The molecule has 0 saturated heterocycles. The summed E-state index contributed by atoms with van der Waals surface area (Å²) in [6.45, 7) is 4.73. The van der Waals surface area contributed by atoms with E-state index in [0.717, 1.165) is 18.2 Å². The Hall–Kier alpha value is -0.620. The molecular formula is C15H12Br2ClNOS. The van der Waals surface area contributed by atoms with Crippen LogP contribution in [-0.4, -0.2) is 17.4 Å². The van der Waals surface area contributed by atoms with Crippen molar-refractivity contribution in [3.63, 3.8) is 0 Å². The Labute approximate surface area is 149 Å². The van der Waals surface area contributed by atoms with E-state index in [1.807, 2.05) is 30.3 Å². The van der Waals surface area contributed by atoms with Crippen molar-refractivity contribution in [3.05, 3.63) is 66.7 Å². The highest BCUT2D eigenvalue weighted by atomic mass is 79.9. The van der Waals surface area contributed by atoms with Gasteiger partial charge in [-0.1, -0.05) is 49.5 Å². The average Bonchev–Trinajstić information content (AvgIpc) is 2.82. The molecule has 110 valence electrons. The van der Waals surface area contributed by atoms with E-state index in [-0.39, 0.29) is 5.91 Å². The van der Waals surface area contributed by atoms with E-state index in [1.165, 1.54) is 11.3 Å². The molecule has 0 N–H and O–H groups in total. The lowest BCUT2D eigenvalue weighted by molar-refractivity contribution is 0.0764. The largest absolute Gasteiger partial charge is 0.330 e. The fourth-order valence-electron chi connectivity index (χ4n) is 1.86. The average molecular weight is 450 g/mol. The minimum absolute atomic E-state index is 0.0403. The second-order valence-electron chi connectivity index (χ2n) is 4.34. The summed E-state index contributed by atoms with van der Waals surface area (Å²) in [7, 11) is 0. The molecule has 1 aromatic heterocycles. The molecule has 0 unspecified atom stereocenters. The zero-order chi connectivity index (χ0) is 15.4. The lowest BCUT2D eigenvalue weighted by Crippen LogP contribution is -2.30. The molecular weight excluding hydrogens is 437 g/mol. The molecule has 6 heteroatoms. The Morgan fingerprint density at radius 3 is 2.48 bits per heavy atom. The van der Waals surface area contributed by atoms with Gasteiger partial charge in [0.15, 0.2) is 0 Å². The maximum Gasteiger partial charge on any atom is 0.254 e. The summed E-state index contributed by atoms with van der Waals surface area (Å²) in [5, 5.41) is 0. The molecule has 0 fully saturated rings. The number of carbonyl (C=O) groups excluding carboxylic acids is 1. The van der Waals surface area contributed by atoms with Crippen LogP contribution in [-0.2, 0) is 6.54 Å². The molecule has 0 aliphatic heterocycles. The summed E-state index contributed by atoms with van der Waals surface area (Å²) in [4.78, 5) is 15.4. The summed E-state index contributed by atoms with van der Waals surface area (Å²) in [6, 6.07) is 9.30. The summed E-state index contributed by atoms with van der Waals surface area (Å²) >= 11 is 14.2. The van der Waals surface area contributed by atoms with Gasteiger partial charge in [-0.3, -0.25) is 4.79 Å². The Morgan fingerprint density at radius 1 is 1.29 bits per heavy atom. The highest BCUT2D eigenvalue weighted by Gasteiger charge is 2.17. The van der Waals surface area contributed by atoms with E-state index < -0.39 is 0 Å². The van der Waals surface area contributed by atoms with Crippen LogP contribution >= 0.6 is 54.8 Å². The fourth-order valence-corrected chi connectivity index (χ4v) is 4.26. The number of thiophene rings is 1. The van der Waals surface area contributed by atoms with Crippen LogP contribution < -0.4 is 0 Å². The summed E-state index contributed by atoms with van der Waals surface area (Å²) in [5.41, 5.74) is 0.626. The van der Waals surface area contributed by atoms with Crippen LogP contribution in [0.15, 0.2) is 51.9 Å². The van der Waals surface area contributed by atoms with Crippen LogP contribution in [0, 0.1) is 0 Å². The van der Waals surface area contributed by atoms with Crippen molar-refractivity contribution in [2.75, 3.05) is 6.54 Å². The van der Waals surface area contributed by atoms with Crippen LogP contribution in [0.3, 0.4) is 0 Å². The predicted molar refractivity (Wildman–Crippen MR) is 96.1 cm³/mol. The van der Waals surface area contributed by atoms with Gasteiger partial charge in [0.2, 0.25) is 0 Å². The minimum Gasteiger partial charge on any atom is -0.330 e. The van der Waals surface area contributed by atoms with Crippen molar-refractivity contribution in [2.24, 2.45) is 0 Å². The number of rotatable bonds is 5. The second-order valence-corrected chi connectivity index (χ2v) is 7.97. The molecule has 0 aliphatic carbocycles. The molecule has 0 spiro atoms. The number of carbonyl (C=O) groups is 1. The molecule has 0 bridgehead atoms. The Morgan fingerprint density at radius 2 is 1.95 bits per heavy atom. The highest BCUT2D eigenvalue weighted by molar-refractivity contribution is 9.11. The van der Waals surface area contributed by atoms with E-state index in [0.29, 0.717) is 18.7 Å². The van der Waals surface area contributed by atoms with Crippen LogP contribution in [0.1, 0.15) is 15.2 Å². The summed E-state index contributed by atoms with van der Waals surface area (Å²) in [5.74, 6) is -0.0403. The van der Waals surface area contributed by atoms with Gasteiger partial charge in [0.05, 0.1) is 10.9 Å². The molecule has 0 atom stereocenters. The van der Waals surface area contributed by atoms with Crippen molar-refractivity contribution in [1.29, 1.82) is 0 Å². The third-order valence-electron chi connectivity index (χ3n) is 2.72. The van der Waals surface area contributed by atoms with Crippen LogP contribution in [0.2, 0.25) is 4.34 Å². The monoisotopic (exact) mass is 447 g/mol. The second kappa shape index (κ2) is 7.58. The van der Waals surface area contributed by atoms with Gasteiger partial charge in [0, 0.05) is 25.9 Å². The molecule has 21 heavy (non-hydrogen) atoms. The van der Waals surface area contributed by atoms with Gasteiger partial charge in [-0.15, -0.1) is 17.9 Å². The molecule has 0 radical (unpaired) electrons. The fraction of sp³-hybridized carbons (Fsp3) is 0.133. The van der Waals surface area contributed by atoms with Gasteiger partial charge >= 0.3 is 0 Å². The molecule has 1 aromatic carbocycles. The molecule has 0 saturated carbocycles. The zero-order valence-corrected chi connectivity index (χ0v) is 15.7. The molecule has 0 aliphatic rings. The first-order valence-corrected chi connectivity index (χ1v) is 8.88. The van der Waals surface area contributed by atoms with Gasteiger partial charge < -0.3 is 4.90 Å². The van der Waals surface area contributed by atoms with Crippen molar-refractivity contribution >= 4 is 60.7 Å². The Balaban J connectivity index is 2.24. The maximum atomic E-state index is 12.7. The maximum absolute atomic E-state index is 12.7. The van der Waals surface area contributed by atoms with Crippen molar-refractivity contribution in [2.45, 2.75) is 6.54 Å². The number of nitrogens with zero attached hydrogens (tertiary/aromatic N) is 1. The third kappa shape index (κ3) is 4.68. The molecule has 1 amide bonds. The minimum atomic E-state index is -0.0403. The number of benzene rings is 1. The van der Waals surface area contributed by atoms with Crippen molar-refractivity contribution in [3.8, 4) is 0 Å². The summed E-state index contributed by atoms with van der Waals surface area (Å²) < 4.78 is 2.44. The van der Waals surface area contributed by atoms with Gasteiger partial charge in [-0.25, -0.2) is 0 Å². The smallest absolute Gasteiger partial charge is 0.254 e. The van der Waals surface area contributed by atoms with Crippen LogP contribution in [0.5, 0.6) is 0 Å². The quantitative estimate of drug-likeness (QED) is 0.532. The molecule has 2 aromatic rings. The first-order valence-electron chi connectivity index (χ1n) is 6.10. The van der Waals surface area contributed by atoms with E-state index in [9.17, 15) is 4.79 Å². The number of halogens is 3. The van der Waals surface area contributed by atoms with E-state index in [2.05, 4.69) is 38.4 Å².